The summed E-state index contributed by atoms with van der Waals surface area (Å²) < 4.78 is 35.5. The molecule has 0 aliphatic carbocycles. The number of ether oxygens (including phenoxy) is 1. The molecule has 8 rings (SSSR count). The summed E-state index contributed by atoms with van der Waals surface area (Å²) >= 11 is 0. The van der Waals surface area contributed by atoms with E-state index >= 15 is 0 Å². The van der Waals surface area contributed by atoms with Crippen molar-refractivity contribution in [3.05, 3.63) is 46.9 Å². The van der Waals surface area contributed by atoms with Gasteiger partial charge in [-0.05, 0) is 48.9 Å². The van der Waals surface area contributed by atoms with Crippen LogP contribution in [0.15, 0.2) is 24.3 Å². The number of benzene rings is 2. The summed E-state index contributed by atoms with van der Waals surface area (Å²) in [4.78, 5) is 29.5. The number of anilines is 2. The predicted octanol–water partition coefficient (Wildman–Crippen LogP) is 3.56. The number of phenolic OH excluding ortho intramolecular Hbond substituents is 1. The van der Waals surface area contributed by atoms with Gasteiger partial charge in [0.2, 0.25) is 0 Å². The zero-order valence-electron chi connectivity index (χ0n) is 23.6. The van der Waals surface area contributed by atoms with E-state index in [4.69, 9.17) is 14.7 Å². The Morgan fingerprint density at radius 3 is 2.81 bits per heavy atom. The molecule has 3 aromatic rings. The minimum atomic E-state index is -0.861. The number of rotatable bonds is 6. The van der Waals surface area contributed by atoms with E-state index in [1.165, 1.54) is 12.1 Å². The monoisotopic (exact) mass is 576 g/mol. The number of nitrogens with one attached hydrogen (secondary N) is 1. The fourth-order valence-corrected chi connectivity index (χ4v) is 7.95. The van der Waals surface area contributed by atoms with Crippen LogP contribution in [0.25, 0.3) is 10.8 Å². The largest absolute Gasteiger partial charge is 0.508 e. The summed E-state index contributed by atoms with van der Waals surface area (Å²) in [5.41, 5.74) is 1.74. The Kier molecular flexibility index (Phi) is 5.72. The van der Waals surface area contributed by atoms with Gasteiger partial charge in [0.25, 0.3) is 5.91 Å². The fraction of sp³-hybridized carbons (Fsp3) is 0.516. The van der Waals surface area contributed by atoms with Crippen molar-refractivity contribution >= 4 is 28.2 Å². The highest BCUT2D eigenvalue weighted by Crippen LogP contribution is 2.45. The second kappa shape index (κ2) is 9.21. The number of alkyl halides is 1. The Labute approximate surface area is 242 Å². The number of aromatic nitrogens is 2. The zero-order valence-corrected chi connectivity index (χ0v) is 23.6. The van der Waals surface area contributed by atoms with Crippen LogP contribution < -0.4 is 19.9 Å². The first-order valence-corrected chi connectivity index (χ1v) is 14.9. The number of carbonyl (C=O) groups is 1. The lowest BCUT2D eigenvalue weighted by Gasteiger charge is -2.56. The van der Waals surface area contributed by atoms with Crippen LogP contribution in [0.5, 0.6) is 11.8 Å². The average molecular weight is 577 g/mol. The van der Waals surface area contributed by atoms with Gasteiger partial charge in [0.1, 0.15) is 35.7 Å². The highest BCUT2D eigenvalue weighted by Gasteiger charge is 2.51. The lowest BCUT2D eigenvalue weighted by Crippen LogP contribution is -2.71. The molecule has 2 unspecified atom stereocenters. The Balaban J connectivity index is 1.18. The van der Waals surface area contributed by atoms with Crippen molar-refractivity contribution < 1.29 is 23.4 Å². The molecule has 0 bridgehead atoms. The lowest BCUT2D eigenvalue weighted by molar-refractivity contribution is 0.0988. The maximum atomic E-state index is 14.9. The smallest absolute Gasteiger partial charge is 0.318 e. The molecule has 2 atom stereocenters. The van der Waals surface area contributed by atoms with E-state index in [0.717, 1.165) is 45.6 Å². The molecule has 1 spiro atoms. The highest BCUT2D eigenvalue weighted by atomic mass is 19.1. The highest BCUT2D eigenvalue weighted by molar-refractivity contribution is 6.16. The zero-order chi connectivity index (χ0) is 28.8. The average Bonchev–Trinajstić information content (AvgIpc) is 3.55. The minimum Gasteiger partial charge on any atom is -0.508 e. The standard InChI is InChI=1S/C31H34F2N6O3/c1-2-21-22(33)5-4-18-8-20(40)9-24(25(18)21)39-12-23-26(28(39)41)27(37-15-30(16-37)13-34-14-30)36-29(35-23)42-17-31-6-3-7-38(31)11-19(32)10-31/h4-5,8-9,19,34,40H,2-3,6-7,10-17H2,1H3. The molecule has 6 heterocycles. The maximum Gasteiger partial charge on any atom is 0.318 e. The summed E-state index contributed by atoms with van der Waals surface area (Å²) in [6.07, 6.45) is 1.90. The van der Waals surface area contributed by atoms with Crippen LogP contribution in [-0.4, -0.2) is 83.5 Å². The number of halogens is 2. The fourth-order valence-electron chi connectivity index (χ4n) is 7.95. The van der Waals surface area contributed by atoms with Crippen LogP contribution in [0, 0.1) is 11.2 Å². The van der Waals surface area contributed by atoms with E-state index in [-0.39, 0.29) is 41.0 Å². The minimum absolute atomic E-state index is 0.00415. The predicted molar refractivity (Wildman–Crippen MR) is 154 cm³/mol. The quantitative estimate of drug-likeness (QED) is 0.460. The molecule has 2 N–H and O–H groups in total. The van der Waals surface area contributed by atoms with Gasteiger partial charge in [-0.3, -0.25) is 9.69 Å². The van der Waals surface area contributed by atoms with Gasteiger partial charge in [-0.2, -0.15) is 9.97 Å². The molecule has 5 aliphatic rings. The molecular formula is C31H34F2N6O3. The first-order chi connectivity index (χ1) is 20.3. The molecule has 1 amide bonds. The van der Waals surface area contributed by atoms with Gasteiger partial charge in [-0.1, -0.05) is 13.0 Å². The van der Waals surface area contributed by atoms with Gasteiger partial charge in [-0.25, -0.2) is 8.78 Å². The van der Waals surface area contributed by atoms with Crippen LogP contribution >= 0.6 is 0 Å². The molecule has 4 fully saturated rings. The van der Waals surface area contributed by atoms with E-state index in [9.17, 15) is 18.7 Å². The van der Waals surface area contributed by atoms with E-state index in [1.807, 2.05) is 6.92 Å². The van der Waals surface area contributed by atoms with Gasteiger partial charge in [0.05, 0.1) is 23.5 Å². The van der Waals surface area contributed by atoms with E-state index in [0.29, 0.717) is 65.1 Å². The molecule has 4 saturated heterocycles. The van der Waals surface area contributed by atoms with Crippen LogP contribution in [0.2, 0.25) is 0 Å². The van der Waals surface area contributed by atoms with Crippen molar-refractivity contribution in [1.82, 2.24) is 20.2 Å². The Bertz CT molecular complexity index is 1620. The Hall–Kier alpha value is -3.57. The van der Waals surface area contributed by atoms with Crippen molar-refractivity contribution in [2.45, 2.75) is 50.9 Å². The number of amides is 1. The van der Waals surface area contributed by atoms with Gasteiger partial charge >= 0.3 is 6.01 Å². The van der Waals surface area contributed by atoms with Gasteiger partial charge < -0.3 is 25.0 Å². The van der Waals surface area contributed by atoms with Crippen molar-refractivity contribution in [3.63, 3.8) is 0 Å². The summed E-state index contributed by atoms with van der Waals surface area (Å²) in [6.45, 7) is 7.03. The number of carbonyl (C=O) groups excluding carboxylic acids is 1. The van der Waals surface area contributed by atoms with Gasteiger partial charge in [0, 0.05) is 56.0 Å². The second-order valence-corrected chi connectivity index (χ2v) is 12.8. The van der Waals surface area contributed by atoms with E-state index < -0.39 is 6.17 Å². The summed E-state index contributed by atoms with van der Waals surface area (Å²) in [5.74, 6) is -0.0912. The molecule has 0 saturated carbocycles. The third-order valence-corrected chi connectivity index (χ3v) is 10.1. The molecule has 220 valence electrons. The number of aromatic hydroxyl groups is 1. The molecule has 42 heavy (non-hydrogen) atoms. The van der Waals surface area contributed by atoms with Crippen molar-refractivity contribution in [3.8, 4) is 11.8 Å². The number of hydrogen-bond donors (Lipinski definition) is 2. The van der Waals surface area contributed by atoms with Gasteiger partial charge in [0.15, 0.2) is 0 Å². The van der Waals surface area contributed by atoms with Gasteiger partial charge in [-0.15, -0.1) is 0 Å². The molecule has 2 aromatic carbocycles. The maximum absolute atomic E-state index is 14.9. The SMILES string of the molecule is CCc1c(F)ccc2cc(O)cc(N3Cc4nc(OCC56CCCN5CC(F)C6)nc(N5CC6(CNC6)C5)c4C3=O)c12. The lowest BCUT2D eigenvalue weighted by atomic mass is 9.74. The normalized spacial score (nSPS) is 26.1. The van der Waals surface area contributed by atoms with E-state index in [1.54, 1.807) is 17.0 Å². The third kappa shape index (κ3) is 3.82. The molecule has 11 heteroatoms. The van der Waals surface area contributed by atoms with Crippen LogP contribution in [0.3, 0.4) is 0 Å². The van der Waals surface area contributed by atoms with Crippen molar-refractivity contribution in [1.29, 1.82) is 0 Å². The number of phenols is 1. The number of aryl methyl sites for hydroxylation is 1. The first kappa shape index (κ1) is 26.1. The molecule has 1 aromatic heterocycles. The Morgan fingerprint density at radius 1 is 1.21 bits per heavy atom. The molecule has 9 nitrogen and oxygen atoms in total. The Morgan fingerprint density at radius 2 is 2.05 bits per heavy atom. The third-order valence-electron chi connectivity index (χ3n) is 10.1. The first-order valence-electron chi connectivity index (χ1n) is 14.9. The molecule has 5 aliphatic heterocycles. The van der Waals surface area contributed by atoms with Crippen molar-refractivity contribution in [2.75, 3.05) is 55.7 Å². The number of hydrogen-bond acceptors (Lipinski definition) is 8. The number of nitrogens with zero attached hydrogens (tertiary/aromatic N) is 5. The molecule has 0 radical (unpaired) electrons. The topological polar surface area (TPSA) is 94.1 Å². The van der Waals surface area contributed by atoms with Crippen molar-refractivity contribution in [2.24, 2.45) is 5.41 Å². The second-order valence-electron chi connectivity index (χ2n) is 12.8. The molecular weight excluding hydrogens is 542 g/mol. The number of fused-ring (bicyclic) bond motifs is 3. The van der Waals surface area contributed by atoms with Crippen LogP contribution in [0.4, 0.5) is 20.3 Å². The summed E-state index contributed by atoms with van der Waals surface area (Å²) in [6, 6.07) is 6.32. The van der Waals surface area contributed by atoms with Crippen LogP contribution in [-0.2, 0) is 13.0 Å². The summed E-state index contributed by atoms with van der Waals surface area (Å²) in [5, 5.41) is 15.2. The van der Waals surface area contributed by atoms with E-state index in [2.05, 4.69) is 15.1 Å². The summed E-state index contributed by atoms with van der Waals surface area (Å²) in [7, 11) is 0. The van der Waals surface area contributed by atoms with Crippen LogP contribution in [0.1, 0.15) is 47.8 Å².